The van der Waals surface area contributed by atoms with Gasteiger partial charge < -0.3 is 10.4 Å². The fourth-order valence-electron chi connectivity index (χ4n) is 1.83. The molecule has 0 bridgehead atoms. The number of carbonyl (C=O) groups is 3. The van der Waals surface area contributed by atoms with Gasteiger partial charge in [-0.05, 0) is 13.2 Å². The van der Waals surface area contributed by atoms with Crippen molar-refractivity contribution in [2.24, 2.45) is 10.9 Å². The smallest absolute Gasteiger partial charge is 0.347 e. The quantitative estimate of drug-likeness (QED) is 0.497. The lowest BCUT2D eigenvalue weighted by Gasteiger charge is -2.17. The summed E-state index contributed by atoms with van der Waals surface area (Å²) in [6.07, 6.45) is 4.28. The van der Waals surface area contributed by atoms with Crippen LogP contribution in [0.1, 0.15) is 6.92 Å². The lowest BCUT2D eigenvalue weighted by molar-refractivity contribution is -0.121. The van der Waals surface area contributed by atoms with Gasteiger partial charge in [-0.25, -0.2) is 9.79 Å². The van der Waals surface area contributed by atoms with E-state index in [1.54, 1.807) is 0 Å². The summed E-state index contributed by atoms with van der Waals surface area (Å²) in [6, 6.07) is -1.35. The highest BCUT2D eigenvalue weighted by molar-refractivity contribution is 8.09. The maximum atomic E-state index is 11.8. The molecule has 0 aliphatic carbocycles. The van der Waals surface area contributed by atoms with Crippen LogP contribution >= 0.6 is 11.8 Å². The Hall–Kier alpha value is -1.52. The Balaban J connectivity index is 2.60. The lowest BCUT2D eigenvalue weighted by atomic mass is 10.0. The number of amides is 4. The van der Waals surface area contributed by atoms with Crippen LogP contribution in [0.4, 0.5) is 4.79 Å². The van der Waals surface area contributed by atoms with E-state index in [1.807, 2.05) is 11.6 Å². The van der Waals surface area contributed by atoms with Crippen LogP contribution in [0.25, 0.3) is 0 Å². The summed E-state index contributed by atoms with van der Waals surface area (Å²) in [5.41, 5.74) is 0.294. The highest BCUT2D eigenvalue weighted by atomic mass is 32.2. The minimum Gasteiger partial charge on any atom is -0.394 e. The summed E-state index contributed by atoms with van der Waals surface area (Å²) in [5, 5.41) is 14.2. The Bertz CT molecular complexity index is 562. The number of aliphatic imine (C=N–C) groups is 1. The van der Waals surface area contributed by atoms with Gasteiger partial charge in [0.05, 0.1) is 23.7 Å². The topological polar surface area (TPSA) is 125 Å². The molecule has 0 spiro atoms. The van der Waals surface area contributed by atoms with Gasteiger partial charge in [0.1, 0.15) is 0 Å². The molecule has 0 fully saturated rings. The number of rotatable bonds is 8. The summed E-state index contributed by atoms with van der Waals surface area (Å²) >= 11 is 1.42. The minimum atomic E-state index is -1.15. The molecule has 1 rings (SSSR count). The molecule has 3 N–H and O–H groups in total. The van der Waals surface area contributed by atoms with Gasteiger partial charge in [-0.2, -0.15) is 11.8 Å². The van der Waals surface area contributed by atoms with Gasteiger partial charge in [0.2, 0.25) is 11.8 Å². The summed E-state index contributed by atoms with van der Waals surface area (Å²) in [7, 11) is -1.15. The molecule has 10 heteroatoms. The highest BCUT2D eigenvalue weighted by Crippen LogP contribution is 2.08. The van der Waals surface area contributed by atoms with Crippen LogP contribution in [0.3, 0.4) is 0 Å². The third-order valence-electron chi connectivity index (χ3n) is 2.88. The molecule has 0 aromatic carbocycles. The molecule has 128 valence electrons. The number of nitrogens with zero attached hydrogens (tertiary/aromatic N) is 1. The maximum Gasteiger partial charge on any atom is 0.347 e. The second kappa shape index (κ2) is 9.58. The average Bonchev–Trinajstić information content (AvgIpc) is 2.45. The first-order valence-corrected chi connectivity index (χ1v) is 9.59. The number of aliphatic hydroxyl groups is 1. The van der Waals surface area contributed by atoms with Crippen LogP contribution in [0, 0.1) is 5.92 Å². The van der Waals surface area contributed by atoms with Gasteiger partial charge in [0.15, 0.2) is 0 Å². The molecule has 3 unspecified atom stereocenters. The standard InChI is InChI=1S/C13H19N3O5S2/c1-8-10(12(19)16-13(20)14-8)3-4-11(18)15-9(5-17)6-23(21)7-22-2/h3-4,9-10,17H,5-7H2,1-2H3,(H,15,18)(H,16,19,20)/b4-3+. The Morgan fingerprint density at radius 2 is 2.26 bits per heavy atom. The van der Waals surface area contributed by atoms with Gasteiger partial charge in [-0.15, -0.1) is 0 Å². The zero-order chi connectivity index (χ0) is 17.4. The first-order chi connectivity index (χ1) is 10.9. The van der Waals surface area contributed by atoms with Gasteiger partial charge in [0, 0.05) is 28.3 Å². The first kappa shape index (κ1) is 19.5. The number of hydrogen-bond acceptors (Lipinski definition) is 6. The predicted octanol–water partition coefficient (Wildman–Crippen LogP) is -0.584. The number of imide groups is 1. The summed E-state index contributed by atoms with van der Waals surface area (Å²) in [5.74, 6) is -1.72. The van der Waals surface area contributed by atoms with Crippen molar-refractivity contribution in [3.8, 4) is 0 Å². The normalized spacial score (nSPS) is 20.8. The number of hydrogen-bond donors (Lipinski definition) is 3. The van der Waals surface area contributed by atoms with Crippen molar-refractivity contribution in [1.29, 1.82) is 0 Å². The monoisotopic (exact) mass is 361 g/mol. The van der Waals surface area contributed by atoms with E-state index >= 15 is 0 Å². The van der Waals surface area contributed by atoms with Crippen molar-refractivity contribution in [3.63, 3.8) is 0 Å². The molecule has 0 aromatic heterocycles. The van der Waals surface area contributed by atoms with E-state index < -0.39 is 40.6 Å². The molecule has 3 atom stereocenters. The van der Waals surface area contributed by atoms with Crippen molar-refractivity contribution in [1.82, 2.24) is 10.6 Å². The van der Waals surface area contributed by atoms with E-state index in [-0.39, 0.29) is 12.4 Å². The van der Waals surface area contributed by atoms with E-state index in [2.05, 4.69) is 10.3 Å². The highest BCUT2D eigenvalue weighted by Gasteiger charge is 2.26. The molecule has 1 heterocycles. The molecule has 0 radical (unpaired) electrons. The van der Waals surface area contributed by atoms with Gasteiger partial charge in [0.25, 0.3) is 0 Å². The molecule has 1 aliphatic heterocycles. The van der Waals surface area contributed by atoms with Gasteiger partial charge in [-0.3, -0.25) is 19.1 Å². The van der Waals surface area contributed by atoms with Crippen LogP contribution in [-0.4, -0.2) is 62.6 Å². The Labute approximate surface area is 140 Å². The van der Waals surface area contributed by atoms with Gasteiger partial charge in [-0.1, -0.05) is 6.08 Å². The molecular formula is C13H19N3O5S2. The number of thioether (sulfide) groups is 1. The second-order valence-electron chi connectivity index (χ2n) is 4.79. The number of nitrogens with one attached hydrogen (secondary N) is 2. The molecule has 0 saturated carbocycles. The van der Waals surface area contributed by atoms with Crippen LogP contribution in [0.5, 0.6) is 0 Å². The fraction of sp³-hybridized carbons (Fsp3) is 0.538. The SMILES string of the molecule is CSCS(=O)CC(CO)NC(=O)/C=C/C1C(=O)NC(=O)N=C1C. The average molecular weight is 361 g/mol. The molecule has 8 nitrogen and oxygen atoms in total. The summed E-state index contributed by atoms with van der Waals surface area (Å²) < 4.78 is 11.6. The van der Waals surface area contributed by atoms with E-state index in [9.17, 15) is 23.7 Å². The fourth-order valence-corrected chi connectivity index (χ4v) is 3.91. The van der Waals surface area contributed by atoms with E-state index in [1.165, 1.54) is 24.8 Å². The third-order valence-corrected chi connectivity index (χ3v) is 5.65. The van der Waals surface area contributed by atoms with E-state index in [4.69, 9.17) is 0 Å². The Morgan fingerprint density at radius 1 is 1.57 bits per heavy atom. The third kappa shape index (κ3) is 6.63. The van der Waals surface area contributed by atoms with Crippen molar-refractivity contribution in [3.05, 3.63) is 12.2 Å². The Morgan fingerprint density at radius 3 is 2.83 bits per heavy atom. The van der Waals surface area contributed by atoms with Crippen LogP contribution < -0.4 is 10.6 Å². The van der Waals surface area contributed by atoms with E-state index in [0.717, 1.165) is 6.08 Å². The predicted molar refractivity (Wildman–Crippen MR) is 89.7 cm³/mol. The maximum absolute atomic E-state index is 11.8. The zero-order valence-electron chi connectivity index (χ0n) is 12.8. The first-order valence-electron chi connectivity index (χ1n) is 6.70. The molecule has 0 saturated heterocycles. The van der Waals surface area contributed by atoms with Crippen LogP contribution in [0.2, 0.25) is 0 Å². The van der Waals surface area contributed by atoms with Gasteiger partial charge >= 0.3 is 6.03 Å². The second-order valence-corrected chi connectivity index (χ2v) is 7.52. The lowest BCUT2D eigenvalue weighted by Crippen LogP contribution is -2.42. The number of aliphatic hydroxyl groups excluding tert-OH is 1. The van der Waals surface area contributed by atoms with E-state index in [0.29, 0.717) is 10.8 Å². The number of carbonyl (C=O) groups excluding carboxylic acids is 3. The Kier molecular flexibility index (Phi) is 8.13. The van der Waals surface area contributed by atoms with Crippen LogP contribution in [-0.2, 0) is 20.4 Å². The molecule has 4 amide bonds. The summed E-state index contributed by atoms with van der Waals surface area (Å²) in [4.78, 5) is 38.1. The largest absolute Gasteiger partial charge is 0.394 e. The molecule has 1 aliphatic rings. The number of urea groups is 1. The van der Waals surface area contributed by atoms with Crippen molar-refractivity contribution >= 4 is 46.1 Å². The van der Waals surface area contributed by atoms with Crippen molar-refractivity contribution < 1.29 is 23.7 Å². The van der Waals surface area contributed by atoms with Crippen molar-refractivity contribution in [2.75, 3.05) is 23.7 Å². The molecule has 0 aromatic rings. The molecular weight excluding hydrogens is 342 g/mol. The van der Waals surface area contributed by atoms with Crippen molar-refractivity contribution in [2.45, 2.75) is 13.0 Å². The zero-order valence-corrected chi connectivity index (χ0v) is 14.4. The minimum absolute atomic E-state index is 0.149. The molecule has 23 heavy (non-hydrogen) atoms. The summed E-state index contributed by atoms with van der Waals surface area (Å²) in [6.45, 7) is 1.18. The van der Waals surface area contributed by atoms with Crippen LogP contribution in [0.15, 0.2) is 17.1 Å².